The molecule has 3 aromatic rings. The molecule has 2 aromatic heterocycles. The number of hydrogen-bond acceptors (Lipinski definition) is 6. The number of rotatable bonds is 6. The summed E-state index contributed by atoms with van der Waals surface area (Å²) < 4.78 is 10.6. The van der Waals surface area contributed by atoms with E-state index in [1.54, 1.807) is 13.3 Å². The maximum atomic E-state index is 5.37. The van der Waals surface area contributed by atoms with E-state index in [1.165, 1.54) is 0 Å². The second kappa shape index (κ2) is 8.60. The predicted octanol–water partition coefficient (Wildman–Crippen LogP) is 3.38. The normalized spacial score (nSPS) is 11.6. The lowest BCUT2D eigenvalue weighted by molar-refractivity contribution is 0.415. The first-order chi connectivity index (χ1) is 11.7. The van der Waals surface area contributed by atoms with Gasteiger partial charge >= 0.3 is 0 Å². The van der Waals surface area contributed by atoms with Crippen LogP contribution in [0.1, 0.15) is 12.7 Å². The molecule has 0 aliphatic heterocycles. The van der Waals surface area contributed by atoms with Crippen molar-refractivity contribution in [3.05, 3.63) is 48.5 Å². The zero-order valence-corrected chi connectivity index (χ0v) is 15.2. The minimum absolute atomic E-state index is 0. The van der Waals surface area contributed by atoms with E-state index in [0.29, 0.717) is 24.2 Å². The SMILES string of the molecule is CNC(C)Cc1noc(-c2cncc(-c3ccc(OC)cc3)c2)n1.Cl. The molecule has 0 aliphatic rings. The molecule has 0 amide bonds. The first-order valence-electron chi connectivity index (χ1n) is 7.79. The summed E-state index contributed by atoms with van der Waals surface area (Å²) >= 11 is 0. The summed E-state index contributed by atoms with van der Waals surface area (Å²) in [6.45, 7) is 2.07. The lowest BCUT2D eigenvalue weighted by atomic mass is 10.1. The predicted molar refractivity (Wildman–Crippen MR) is 99.0 cm³/mol. The van der Waals surface area contributed by atoms with E-state index in [0.717, 1.165) is 22.4 Å². The van der Waals surface area contributed by atoms with Crippen LogP contribution in [0.25, 0.3) is 22.6 Å². The molecule has 1 aromatic carbocycles. The van der Waals surface area contributed by atoms with E-state index >= 15 is 0 Å². The van der Waals surface area contributed by atoms with Crippen LogP contribution in [-0.4, -0.2) is 35.3 Å². The summed E-state index contributed by atoms with van der Waals surface area (Å²) in [6.07, 6.45) is 4.25. The average molecular weight is 361 g/mol. The standard InChI is InChI=1S/C18H20N4O2.ClH/c1-12(19-2)8-17-21-18(24-22-17)15-9-14(10-20-11-15)13-4-6-16(23-3)7-5-13;/h4-7,9-12,19H,8H2,1-3H3;1H. The van der Waals surface area contributed by atoms with Gasteiger partial charge in [-0.2, -0.15) is 4.98 Å². The summed E-state index contributed by atoms with van der Waals surface area (Å²) in [5, 5.41) is 7.19. The smallest absolute Gasteiger partial charge is 0.259 e. The molecule has 7 heteroatoms. The molecular formula is C18H21ClN4O2. The van der Waals surface area contributed by atoms with Gasteiger partial charge in [0.2, 0.25) is 0 Å². The fourth-order valence-corrected chi connectivity index (χ4v) is 2.33. The van der Waals surface area contributed by atoms with Crippen molar-refractivity contribution < 1.29 is 9.26 Å². The molecule has 6 nitrogen and oxygen atoms in total. The number of nitrogens with one attached hydrogen (secondary N) is 1. The van der Waals surface area contributed by atoms with Crippen LogP contribution < -0.4 is 10.1 Å². The largest absolute Gasteiger partial charge is 0.497 e. The van der Waals surface area contributed by atoms with Crippen LogP contribution in [0.3, 0.4) is 0 Å². The Morgan fingerprint density at radius 2 is 1.84 bits per heavy atom. The highest BCUT2D eigenvalue weighted by molar-refractivity contribution is 5.85. The van der Waals surface area contributed by atoms with Gasteiger partial charge < -0.3 is 14.6 Å². The molecule has 0 fully saturated rings. The third-order valence-electron chi connectivity index (χ3n) is 3.86. The maximum Gasteiger partial charge on any atom is 0.259 e. The van der Waals surface area contributed by atoms with Crippen molar-refractivity contribution in [1.29, 1.82) is 0 Å². The second-order valence-corrected chi connectivity index (χ2v) is 5.60. The maximum absolute atomic E-state index is 5.37. The first kappa shape index (κ1) is 18.9. The lowest BCUT2D eigenvalue weighted by Gasteiger charge is -2.05. The van der Waals surface area contributed by atoms with Crippen LogP contribution in [0.2, 0.25) is 0 Å². The molecule has 0 spiro atoms. The van der Waals surface area contributed by atoms with Gasteiger partial charge in [-0.3, -0.25) is 4.98 Å². The molecule has 132 valence electrons. The fourth-order valence-electron chi connectivity index (χ4n) is 2.33. The molecule has 1 unspecified atom stereocenters. The number of likely N-dealkylation sites (N-methyl/N-ethyl adjacent to an activating group) is 1. The second-order valence-electron chi connectivity index (χ2n) is 5.60. The van der Waals surface area contributed by atoms with Gasteiger partial charge in [-0.05, 0) is 37.7 Å². The van der Waals surface area contributed by atoms with Crippen molar-refractivity contribution in [1.82, 2.24) is 20.4 Å². The summed E-state index contributed by atoms with van der Waals surface area (Å²) in [5.41, 5.74) is 2.84. The van der Waals surface area contributed by atoms with Crippen molar-refractivity contribution in [2.45, 2.75) is 19.4 Å². The Balaban J connectivity index is 0.00000225. The first-order valence-corrected chi connectivity index (χ1v) is 7.79. The van der Waals surface area contributed by atoms with E-state index < -0.39 is 0 Å². The zero-order valence-electron chi connectivity index (χ0n) is 14.4. The van der Waals surface area contributed by atoms with Crippen LogP contribution in [0.5, 0.6) is 5.75 Å². The molecule has 0 saturated heterocycles. The van der Waals surface area contributed by atoms with E-state index in [-0.39, 0.29) is 12.4 Å². The molecule has 0 bridgehead atoms. The van der Waals surface area contributed by atoms with E-state index in [1.807, 2.05) is 43.6 Å². The minimum Gasteiger partial charge on any atom is -0.497 e. The number of ether oxygens (including phenoxy) is 1. The summed E-state index contributed by atoms with van der Waals surface area (Å²) in [6, 6.07) is 10.1. The van der Waals surface area contributed by atoms with Gasteiger partial charge in [-0.25, -0.2) is 0 Å². The van der Waals surface area contributed by atoms with Crippen molar-refractivity contribution in [2.75, 3.05) is 14.2 Å². The molecule has 0 aliphatic carbocycles. The monoisotopic (exact) mass is 360 g/mol. The summed E-state index contributed by atoms with van der Waals surface area (Å²) in [4.78, 5) is 8.75. The van der Waals surface area contributed by atoms with Crippen LogP contribution in [0, 0.1) is 0 Å². The Morgan fingerprint density at radius 1 is 1.12 bits per heavy atom. The minimum atomic E-state index is 0. The molecular weight excluding hydrogens is 340 g/mol. The van der Waals surface area contributed by atoms with Crippen molar-refractivity contribution in [3.63, 3.8) is 0 Å². The fraction of sp³-hybridized carbons (Fsp3) is 0.278. The third kappa shape index (κ3) is 4.55. The molecule has 0 saturated carbocycles. The van der Waals surface area contributed by atoms with Gasteiger partial charge in [0, 0.05) is 30.4 Å². The van der Waals surface area contributed by atoms with Crippen molar-refractivity contribution >= 4 is 12.4 Å². The molecule has 2 heterocycles. The topological polar surface area (TPSA) is 73.1 Å². The number of hydrogen-bond donors (Lipinski definition) is 1. The van der Waals surface area contributed by atoms with Gasteiger partial charge in [-0.1, -0.05) is 17.3 Å². The molecule has 3 rings (SSSR count). The highest BCUT2D eigenvalue weighted by Gasteiger charge is 2.12. The van der Waals surface area contributed by atoms with E-state index in [9.17, 15) is 0 Å². The number of aromatic nitrogens is 3. The van der Waals surface area contributed by atoms with Crippen LogP contribution in [0.4, 0.5) is 0 Å². The Kier molecular flexibility index (Phi) is 6.50. The summed E-state index contributed by atoms with van der Waals surface area (Å²) in [5.74, 6) is 1.99. The van der Waals surface area contributed by atoms with Crippen LogP contribution >= 0.6 is 12.4 Å². The van der Waals surface area contributed by atoms with Crippen LogP contribution in [-0.2, 0) is 6.42 Å². The third-order valence-corrected chi connectivity index (χ3v) is 3.86. The average Bonchev–Trinajstić information content (AvgIpc) is 3.10. The Morgan fingerprint density at radius 3 is 2.52 bits per heavy atom. The number of nitrogens with zero attached hydrogens (tertiary/aromatic N) is 3. The highest BCUT2D eigenvalue weighted by atomic mass is 35.5. The molecule has 1 N–H and O–H groups in total. The van der Waals surface area contributed by atoms with Gasteiger partial charge in [0.15, 0.2) is 5.82 Å². The quantitative estimate of drug-likeness (QED) is 0.726. The number of pyridine rings is 1. The van der Waals surface area contributed by atoms with E-state index in [4.69, 9.17) is 9.26 Å². The molecule has 25 heavy (non-hydrogen) atoms. The van der Waals surface area contributed by atoms with Gasteiger partial charge in [-0.15, -0.1) is 12.4 Å². The van der Waals surface area contributed by atoms with Crippen molar-refractivity contribution in [3.8, 4) is 28.3 Å². The van der Waals surface area contributed by atoms with Gasteiger partial charge in [0.05, 0.1) is 12.7 Å². The highest BCUT2D eigenvalue weighted by Crippen LogP contribution is 2.26. The Hall–Kier alpha value is -2.44. The molecule has 0 radical (unpaired) electrons. The molecule has 1 atom stereocenters. The number of halogens is 1. The van der Waals surface area contributed by atoms with Gasteiger partial charge in [0.25, 0.3) is 5.89 Å². The van der Waals surface area contributed by atoms with Crippen LogP contribution in [0.15, 0.2) is 47.2 Å². The summed E-state index contributed by atoms with van der Waals surface area (Å²) in [7, 11) is 3.56. The lowest BCUT2D eigenvalue weighted by Crippen LogP contribution is -2.24. The number of benzene rings is 1. The van der Waals surface area contributed by atoms with Crippen molar-refractivity contribution in [2.24, 2.45) is 0 Å². The van der Waals surface area contributed by atoms with E-state index in [2.05, 4.69) is 27.4 Å². The van der Waals surface area contributed by atoms with Gasteiger partial charge in [0.1, 0.15) is 5.75 Å². The Bertz CT molecular complexity index is 805. The number of methoxy groups -OCH3 is 1. The Labute approximate surface area is 153 Å². The zero-order chi connectivity index (χ0) is 16.9.